The van der Waals surface area contributed by atoms with E-state index in [9.17, 15) is 9.90 Å². The maximum absolute atomic E-state index is 11.4. The van der Waals surface area contributed by atoms with E-state index in [2.05, 4.69) is 5.32 Å². The number of carboxylic acid groups (broad SMARTS) is 1. The van der Waals surface area contributed by atoms with Crippen molar-refractivity contribution in [2.24, 2.45) is 0 Å². The number of rotatable bonds is 2. The molecule has 0 aliphatic carbocycles. The molecule has 0 bridgehead atoms. The topological polar surface area (TPSA) is 58.6 Å². The molecule has 0 radical (unpaired) electrons. The predicted molar refractivity (Wildman–Crippen MR) is 76.0 cm³/mol. The van der Waals surface area contributed by atoms with E-state index in [0.717, 1.165) is 30.0 Å². The second-order valence-electron chi connectivity index (χ2n) is 4.67. The van der Waals surface area contributed by atoms with Gasteiger partial charge < -0.3 is 15.2 Å². The summed E-state index contributed by atoms with van der Waals surface area (Å²) >= 11 is 0. The summed E-state index contributed by atoms with van der Waals surface area (Å²) in [5, 5.41) is 12.6. The lowest BCUT2D eigenvalue weighted by Gasteiger charge is -2.14. The van der Waals surface area contributed by atoms with Gasteiger partial charge in [-0.1, -0.05) is 36.4 Å². The summed E-state index contributed by atoms with van der Waals surface area (Å²) in [4.78, 5) is 11.4. The second kappa shape index (κ2) is 5.35. The van der Waals surface area contributed by atoms with E-state index in [-0.39, 0.29) is 0 Å². The van der Waals surface area contributed by atoms with Crippen LogP contribution >= 0.6 is 0 Å². The highest BCUT2D eigenvalue weighted by Crippen LogP contribution is 2.35. The molecule has 0 saturated carbocycles. The van der Waals surface area contributed by atoms with Gasteiger partial charge in [-0.05, 0) is 11.6 Å². The Balaban J connectivity index is 2.18. The van der Waals surface area contributed by atoms with Crippen LogP contribution in [0.25, 0.3) is 11.1 Å². The number of para-hydroxylation sites is 1. The van der Waals surface area contributed by atoms with E-state index in [4.69, 9.17) is 4.74 Å². The normalized spacial score (nSPS) is 14.0. The molecule has 3 rings (SSSR count). The summed E-state index contributed by atoms with van der Waals surface area (Å²) in [7, 11) is 0. The molecule has 2 N–H and O–H groups in total. The van der Waals surface area contributed by atoms with Gasteiger partial charge in [-0.2, -0.15) is 0 Å². The molecule has 0 atom stereocenters. The smallest absolute Gasteiger partial charge is 0.336 e. The molecule has 2 aromatic rings. The van der Waals surface area contributed by atoms with Crippen molar-refractivity contribution >= 4 is 5.97 Å². The van der Waals surface area contributed by atoms with Crippen molar-refractivity contribution in [2.75, 3.05) is 13.2 Å². The summed E-state index contributed by atoms with van der Waals surface area (Å²) in [6, 6.07) is 12.9. The Bertz CT molecular complexity index is 652. The first kappa shape index (κ1) is 12.7. The van der Waals surface area contributed by atoms with E-state index in [1.165, 1.54) is 0 Å². The zero-order valence-corrected chi connectivity index (χ0v) is 10.9. The molecule has 102 valence electrons. The van der Waals surface area contributed by atoms with Crippen LogP contribution in [-0.2, 0) is 6.54 Å². The molecule has 0 unspecified atom stereocenters. The van der Waals surface area contributed by atoms with Gasteiger partial charge in [-0.3, -0.25) is 0 Å². The Hall–Kier alpha value is -2.33. The van der Waals surface area contributed by atoms with E-state index in [1.54, 1.807) is 12.1 Å². The fraction of sp³-hybridized carbons (Fsp3) is 0.188. The minimum atomic E-state index is -0.926. The molecule has 0 amide bonds. The molecule has 4 heteroatoms. The molecule has 1 heterocycles. The molecule has 20 heavy (non-hydrogen) atoms. The zero-order valence-electron chi connectivity index (χ0n) is 10.9. The summed E-state index contributed by atoms with van der Waals surface area (Å²) in [6.45, 7) is 2.10. The van der Waals surface area contributed by atoms with Gasteiger partial charge >= 0.3 is 5.97 Å². The third-order valence-corrected chi connectivity index (χ3v) is 3.38. The van der Waals surface area contributed by atoms with E-state index < -0.39 is 5.97 Å². The van der Waals surface area contributed by atoms with Crippen LogP contribution in [0.3, 0.4) is 0 Å². The fourth-order valence-electron chi connectivity index (χ4n) is 2.46. The average molecular weight is 269 g/mol. The van der Waals surface area contributed by atoms with Crippen molar-refractivity contribution in [3.8, 4) is 16.9 Å². The number of ether oxygens (including phenoxy) is 1. The highest BCUT2D eigenvalue weighted by molar-refractivity contribution is 5.97. The third kappa shape index (κ3) is 2.26. The van der Waals surface area contributed by atoms with E-state index in [1.807, 2.05) is 30.3 Å². The van der Waals surface area contributed by atoms with E-state index >= 15 is 0 Å². The molecule has 2 aromatic carbocycles. The van der Waals surface area contributed by atoms with Crippen molar-refractivity contribution in [1.82, 2.24) is 5.32 Å². The number of fused-ring (bicyclic) bond motifs is 1. The lowest BCUT2D eigenvalue weighted by atomic mass is 9.97. The number of carboxylic acids is 1. The van der Waals surface area contributed by atoms with Gasteiger partial charge in [0.1, 0.15) is 12.4 Å². The van der Waals surface area contributed by atoms with Crippen LogP contribution in [0.15, 0.2) is 42.5 Å². The van der Waals surface area contributed by atoms with Gasteiger partial charge in [-0.25, -0.2) is 4.79 Å². The summed E-state index contributed by atoms with van der Waals surface area (Å²) in [5.41, 5.74) is 2.88. The molecule has 0 spiro atoms. The lowest BCUT2D eigenvalue weighted by Crippen LogP contribution is -2.16. The minimum absolute atomic E-state index is 0.293. The first-order valence-electron chi connectivity index (χ1n) is 6.55. The lowest BCUT2D eigenvalue weighted by molar-refractivity contribution is 0.0697. The second-order valence-corrected chi connectivity index (χ2v) is 4.67. The number of aromatic carboxylic acids is 1. The fourth-order valence-corrected chi connectivity index (χ4v) is 2.46. The van der Waals surface area contributed by atoms with Crippen molar-refractivity contribution < 1.29 is 14.6 Å². The van der Waals surface area contributed by atoms with Crippen molar-refractivity contribution in [1.29, 1.82) is 0 Å². The molecule has 1 aliphatic heterocycles. The summed E-state index contributed by atoms with van der Waals surface area (Å²) in [5.74, 6) is -0.142. The first-order valence-corrected chi connectivity index (χ1v) is 6.55. The van der Waals surface area contributed by atoms with Crippen LogP contribution in [0.1, 0.15) is 15.9 Å². The number of hydrogen-bond donors (Lipinski definition) is 2. The van der Waals surface area contributed by atoms with Crippen molar-refractivity contribution in [3.63, 3.8) is 0 Å². The zero-order chi connectivity index (χ0) is 13.9. The van der Waals surface area contributed by atoms with Gasteiger partial charge in [-0.15, -0.1) is 0 Å². The maximum Gasteiger partial charge on any atom is 0.336 e. The van der Waals surface area contributed by atoms with Crippen molar-refractivity contribution in [3.05, 3.63) is 53.6 Å². The van der Waals surface area contributed by atoms with Crippen LogP contribution in [0, 0.1) is 0 Å². The summed E-state index contributed by atoms with van der Waals surface area (Å²) in [6.07, 6.45) is 0. The monoisotopic (exact) mass is 269 g/mol. The Kier molecular flexibility index (Phi) is 3.39. The SMILES string of the molecule is O=C(O)c1ccccc1-c1cccc2c1OCCNC2. The van der Waals surface area contributed by atoms with Gasteiger partial charge in [0, 0.05) is 24.2 Å². The van der Waals surface area contributed by atoms with Gasteiger partial charge in [0.25, 0.3) is 0 Å². The van der Waals surface area contributed by atoms with Crippen molar-refractivity contribution in [2.45, 2.75) is 6.54 Å². The van der Waals surface area contributed by atoms with Crippen LogP contribution in [0.2, 0.25) is 0 Å². The summed E-state index contributed by atoms with van der Waals surface area (Å²) < 4.78 is 5.81. The predicted octanol–water partition coefficient (Wildman–Crippen LogP) is 2.53. The molecule has 4 nitrogen and oxygen atoms in total. The molecule has 1 aliphatic rings. The molecular formula is C16H15NO3. The van der Waals surface area contributed by atoms with Gasteiger partial charge in [0.15, 0.2) is 0 Å². The Labute approximate surface area is 117 Å². The molecule has 0 fully saturated rings. The molecule has 0 saturated heterocycles. The Morgan fingerprint density at radius 1 is 1.10 bits per heavy atom. The number of nitrogens with one attached hydrogen (secondary N) is 1. The number of carbonyl (C=O) groups is 1. The first-order chi connectivity index (χ1) is 9.77. The van der Waals surface area contributed by atoms with Crippen LogP contribution in [-0.4, -0.2) is 24.2 Å². The molecule has 0 aromatic heterocycles. The average Bonchev–Trinajstić information content (AvgIpc) is 2.72. The van der Waals surface area contributed by atoms with Crippen LogP contribution < -0.4 is 10.1 Å². The standard InChI is InChI=1S/C16H15NO3/c18-16(19)14-6-2-1-5-12(14)13-7-3-4-11-10-17-8-9-20-15(11)13/h1-7,17H,8-10H2,(H,18,19). The highest BCUT2D eigenvalue weighted by Gasteiger charge is 2.18. The highest BCUT2D eigenvalue weighted by atomic mass is 16.5. The Morgan fingerprint density at radius 3 is 2.75 bits per heavy atom. The Morgan fingerprint density at radius 2 is 1.90 bits per heavy atom. The molecular weight excluding hydrogens is 254 g/mol. The number of hydrogen-bond acceptors (Lipinski definition) is 3. The minimum Gasteiger partial charge on any atom is -0.491 e. The third-order valence-electron chi connectivity index (χ3n) is 3.38. The maximum atomic E-state index is 11.4. The van der Waals surface area contributed by atoms with E-state index in [0.29, 0.717) is 17.7 Å². The van der Waals surface area contributed by atoms with Crippen LogP contribution in [0.4, 0.5) is 0 Å². The van der Waals surface area contributed by atoms with Crippen LogP contribution in [0.5, 0.6) is 5.75 Å². The largest absolute Gasteiger partial charge is 0.491 e. The number of benzene rings is 2. The quantitative estimate of drug-likeness (QED) is 0.879. The van der Waals surface area contributed by atoms with Gasteiger partial charge in [0.2, 0.25) is 0 Å². The van der Waals surface area contributed by atoms with Gasteiger partial charge in [0.05, 0.1) is 5.56 Å².